The molecule has 3 rings (SSSR count). The third-order valence-corrected chi connectivity index (χ3v) is 5.81. The van der Waals surface area contributed by atoms with Crippen LogP contribution in [0.1, 0.15) is 5.56 Å². The highest BCUT2D eigenvalue weighted by Crippen LogP contribution is 2.31. The van der Waals surface area contributed by atoms with E-state index < -0.39 is 5.63 Å². The lowest BCUT2D eigenvalue weighted by Gasteiger charge is -2.04. The number of rotatable bonds is 4. The Morgan fingerprint density at radius 2 is 2.10 bits per heavy atom. The minimum absolute atomic E-state index is 0.0733. The van der Waals surface area contributed by atoms with Crippen LogP contribution in [-0.4, -0.2) is 21.6 Å². The monoisotopic (exact) mass is 338 g/mol. The summed E-state index contributed by atoms with van der Waals surface area (Å²) in [6, 6.07) is 6.24. The molecule has 1 N–H and O–H groups in total. The Morgan fingerprint density at radius 1 is 1.29 bits per heavy atom. The third kappa shape index (κ3) is 3.22. The van der Waals surface area contributed by atoms with Gasteiger partial charge in [0.15, 0.2) is 8.68 Å². The first kappa shape index (κ1) is 14.4. The molecule has 5 nitrogen and oxygen atoms in total. The van der Waals surface area contributed by atoms with E-state index in [1.54, 1.807) is 23.9 Å². The van der Waals surface area contributed by atoms with Gasteiger partial charge in [0.25, 0.3) is 0 Å². The van der Waals surface area contributed by atoms with Gasteiger partial charge in [-0.25, -0.2) is 4.79 Å². The number of phenols is 1. The van der Waals surface area contributed by atoms with Crippen molar-refractivity contribution in [3.8, 4) is 5.75 Å². The molecule has 2 aromatic heterocycles. The van der Waals surface area contributed by atoms with Gasteiger partial charge in [0, 0.05) is 23.3 Å². The Kier molecular flexibility index (Phi) is 4.18. The highest BCUT2D eigenvalue weighted by atomic mass is 32.2. The summed E-state index contributed by atoms with van der Waals surface area (Å²) in [5.41, 5.74) is 0.818. The van der Waals surface area contributed by atoms with E-state index in [0.717, 1.165) is 19.6 Å². The number of nitrogens with zero attached hydrogens (tertiary/aromatic N) is 2. The lowest BCUT2D eigenvalue weighted by Crippen LogP contribution is -1.99. The minimum Gasteiger partial charge on any atom is -0.508 e. The Balaban J connectivity index is 1.91. The van der Waals surface area contributed by atoms with Crippen molar-refractivity contribution in [3.05, 3.63) is 40.2 Å². The summed E-state index contributed by atoms with van der Waals surface area (Å²) in [7, 11) is 0. The van der Waals surface area contributed by atoms with Gasteiger partial charge in [-0.15, -0.1) is 10.2 Å². The maximum Gasteiger partial charge on any atom is 0.336 e. The predicted octanol–water partition coefficient (Wildman–Crippen LogP) is 3.36. The van der Waals surface area contributed by atoms with Crippen LogP contribution in [-0.2, 0) is 5.75 Å². The number of phenolic OH excluding ortho intramolecular Hbond substituents is 1. The van der Waals surface area contributed by atoms with E-state index in [2.05, 4.69) is 10.2 Å². The molecule has 0 unspecified atom stereocenters. The van der Waals surface area contributed by atoms with Gasteiger partial charge in [0.2, 0.25) is 0 Å². The van der Waals surface area contributed by atoms with E-state index in [-0.39, 0.29) is 5.75 Å². The van der Waals surface area contributed by atoms with Crippen LogP contribution >= 0.6 is 34.9 Å². The summed E-state index contributed by atoms with van der Waals surface area (Å²) in [4.78, 5) is 11.6. The lowest BCUT2D eigenvalue weighted by atomic mass is 10.1. The number of benzene rings is 1. The van der Waals surface area contributed by atoms with Gasteiger partial charge in [-0.2, -0.15) is 0 Å². The molecular formula is C13H10N2O3S3. The van der Waals surface area contributed by atoms with Gasteiger partial charge in [-0.3, -0.25) is 0 Å². The number of thioether (sulfide) groups is 2. The molecule has 108 valence electrons. The fourth-order valence-corrected chi connectivity index (χ4v) is 4.24. The van der Waals surface area contributed by atoms with Crippen molar-refractivity contribution in [1.29, 1.82) is 0 Å². The second-order valence-corrected chi connectivity index (χ2v) is 7.35. The fraction of sp³-hybridized carbons (Fsp3) is 0.154. The molecule has 3 aromatic rings. The molecule has 0 radical (unpaired) electrons. The summed E-state index contributed by atoms with van der Waals surface area (Å²) in [5, 5.41) is 18.4. The Bertz CT molecular complexity index is 844. The SMILES string of the molecule is CSc1nnc(SCc2cc(=O)oc3cc(O)ccc23)s1. The molecule has 0 saturated carbocycles. The molecule has 0 amide bonds. The van der Waals surface area contributed by atoms with Gasteiger partial charge in [-0.05, 0) is 24.0 Å². The summed E-state index contributed by atoms with van der Waals surface area (Å²) in [6.07, 6.45) is 1.96. The normalized spacial score (nSPS) is 11.1. The molecule has 0 atom stereocenters. The zero-order chi connectivity index (χ0) is 14.8. The van der Waals surface area contributed by atoms with Crippen LogP contribution in [0.3, 0.4) is 0 Å². The number of aromatic hydroxyl groups is 1. The minimum atomic E-state index is -0.425. The molecule has 0 fully saturated rings. The molecule has 0 aliphatic carbocycles. The zero-order valence-corrected chi connectivity index (χ0v) is 13.3. The van der Waals surface area contributed by atoms with Crippen LogP contribution in [0.25, 0.3) is 11.0 Å². The fourth-order valence-electron chi connectivity index (χ4n) is 1.82. The lowest BCUT2D eigenvalue weighted by molar-refractivity contribution is 0.473. The number of fused-ring (bicyclic) bond motifs is 1. The van der Waals surface area contributed by atoms with Crippen molar-refractivity contribution in [3.63, 3.8) is 0 Å². The number of aromatic nitrogens is 2. The summed E-state index contributed by atoms with van der Waals surface area (Å²) >= 11 is 4.61. The van der Waals surface area contributed by atoms with E-state index >= 15 is 0 Å². The first-order valence-electron chi connectivity index (χ1n) is 5.92. The maximum atomic E-state index is 11.6. The van der Waals surface area contributed by atoms with Crippen molar-refractivity contribution in [2.75, 3.05) is 6.26 Å². The highest BCUT2D eigenvalue weighted by molar-refractivity contribution is 8.02. The van der Waals surface area contributed by atoms with E-state index in [1.165, 1.54) is 35.2 Å². The Hall–Kier alpha value is -1.51. The maximum absolute atomic E-state index is 11.6. The molecule has 0 spiro atoms. The summed E-state index contributed by atoms with van der Waals surface area (Å²) in [5.74, 6) is 0.666. The predicted molar refractivity (Wildman–Crippen MR) is 85.4 cm³/mol. The standard InChI is InChI=1S/C13H10N2O3S3/c1-19-12-14-15-13(21-12)20-6-7-4-11(17)18-10-5-8(16)2-3-9(7)10/h2-5,16H,6H2,1H3. The van der Waals surface area contributed by atoms with E-state index in [1.807, 2.05) is 6.26 Å². The van der Waals surface area contributed by atoms with E-state index in [9.17, 15) is 9.90 Å². The van der Waals surface area contributed by atoms with Crippen molar-refractivity contribution in [2.24, 2.45) is 0 Å². The molecule has 21 heavy (non-hydrogen) atoms. The number of hydrogen-bond acceptors (Lipinski definition) is 8. The van der Waals surface area contributed by atoms with E-state index in [0.29, 0.717) is 11.3 Å². The van der Waals surface area contributed by atoms with Crippen LogP contribution in [0, 0.1) is 0 Å². The molecule has 0 saturated heterocycles. The van der Waals surface area contributed by atoms with Crippen LogP contribution in [0.15, 0.2) is 42.2 Å². The van der Waals surface area contributed by atoms with Gasteiger partial charge in [0.05, 0.1) is 0 Å². The van der Waals surface area contributed by atoms with Gasteiger partial charge < -0.3 is 9.52 Å². The average molecular weight is 338 g/mol. The topological polar surface area (TPSA) is 76.2 Å². The largest absolute Gasteiger partial charge is 0.508 e. The molecule has 1 aromatic carbocycles. The van der Waals surface area contributed by atoms with Crippen molar-refractivity contribution < 1.29 is 9.52 Å². The van der Waals surface area contributed by atoms with Gasteiger partial charge >= 0.3 is 5.63 Å². The summed E-state index contributed by atoms with van der Waals surface area (Å²) < 4.78 is 6.88. The molecule has 8 heteroatoms. The van der Waals surface area contributed by atoms with Gasteiger partial charge in [0.1, 0.15) is 11.3 Å². The Morgan fingerprint density at radius 3 is 2.86 bits per heavy atom. The van der Waals surface area contributed by atoms with Crippen LogP contribution in [0.4, 0.5) is 0 Å². The molecule has 0 bridgehead atoms. The quantitative estimate of drug-likeness (QED) is 0.577. The molecule has 0 aliphatic heterocycles. The average Bonchev–Trinajstić information content (AvgIpc) is 2.92. The van der Waals surface area contributed by atoms with E-state index in [4.69, 9.17) is 4.42 Å². The van der Waals surface area contributed by atoms with Crippen molar-refractivity contribution in [2.45, 2.75) is 14.4 Å². The molecular weight excluding hydrogens is 328 g/mol. The first-order chi connectivity index (χ1) is 10.2. The number of hydrogen-bond donors (Lipinski definition) is 1. The molecule has 0 aliphatic rings. The second kappa shape index (κ2) is 6.08. The van der Waals surface area contributed by atoms with Crippen LogP contribution < -0.4 is 5.63 Å². The highest BCUT2D eigenvalue weighted by Gasteiger charge is 2.09. The van der Waals surface area contributed by atoms with Crippen molar-refractivity contribution >= 4 is 45.8 Å². The Labute approximate surface area is 132 Å². The zero-order valence-electron chi connectivity index (χ0n) is 10.9. The van der Waals surface area contributed by atoms with Crippen molar-refractivity contribution in [1.82, 2.24) is 10.2 Å². The van der Waals surface area contributed by atoms with Crippen LogP contribution in [0.2, 0.25) is 0 Å². The third-order valence-electron chi connectivity index (χ3n) is 2.73. The van der Waals surface area contributed by atoms with Crippen LogP contribution in [0.5, 0.6) is 5.75 Å². The first-order valence-corrected chi connectivity index (χ1v) is 8.94. The smallest absolute Gasteiger partial charge is 0.336 e. The second-order valence-electron chi connectivity index (χ2n) is 4.10. The summed E-state index contributed by atoms with van der Waals surface area (Å²) in [6.45, 7) is 0. The molecule has 2 heterocycles. The van der Waals surface area contributed by atoms with Gasteiger partial charge in [-0.1, -0.05) is 34.9 Å².